The van der Waals surface area contributed by atoms with Gasteiger partial charge in [-0.05, 0) is 57.7 Å². The number of ether oxygens (including phenoxy) is 3. The maximum Gasteiger partial charge on any atom is 0.435 e. The molecule has 0 unspecified atom stereocenters. The number of pyridine rings is 1. The Morgan fingerprint density at radius 2 is 1.92 bits per heavy atom. The fraction of sp³-hybridized carbons (Fsp3) is 0.500. The summed E-state index contributed by atoms with van der Waals surface area (Å²) in [6.45, 7) is 4.02. The van der Waals surface area contributed by atoms with Crippen molar-refractivity contribution in [1.82, 2.24) is 30.3 Å². The van der Waals surface area contributed by atoms with Crippen molar-refractivity contribution in [2.45, 2.75) is 63.7 Å². The highest BCUT2D eigenvalue weighted by molar-refractivity contribution is 5.95. The summed E-state index contributed by atoms with van der Waals surface area (Å²) in [6, 6.07) is 4.35. The minimum atomic E-state index is -4.65. The average Bonchev–Trinajstić information content (AvgIpc) is 3.60. The monoisotopic (exact) mass is 686 g/mol. The van der Waals surface area contributed by atoms with Gasteiger partial charge in [-0.2, -0.15) is 18.3 Å². The summed E-state index contributed by atoms with van der Waals surface area (Å²) in [7, 11) is 4.54. The van der Waals surface area contributed by atoms with Crippen LogP contribution in [0.25, 0.3) is 22.3 Å². The summed E-state index contributed by atoms with van der Waals surface area (Å²) in [5, 5.41) is 9.83. The molecular weight excluding hydrogens is 645 g/mol. The van der Waals surface area contributed by atoms with Gasteiger partial charge in [0, 0.05) is 50.0 Å². The number of halogens is 3. The first-order valence-corrected chi connectivity index (χ1v) is 16.2. The maximum absolute atomic E-state index is 13.8. The molecule has 1 aromatic carbocycles. The SMILES string of the molecule is CCOC(=O)[C@@]12C[C@H]1C=CCCCCN(C)C(=O)N[C@@H](CCOc1cc(-c3cc(C(F)(F)F)nn3C)nc3c(C)c(OC)ccc13)C(=O)N2. The number of alkyl halides is 3. The lowest BCUT2D eigenvalue weighted by molar-refractivity contribution is -0.149. The number of carbonyl (C=O) groups excluding carboxylic acids is 3. The van der Waals surface area contributed by atoms with Gasteiger partial charge in [0.25, 0.3) is 0 Å². The van der Waals surface area contributed by atoms with Gasteiger partial charge in [-0.25, -0.2) is 14.6 Å². The molecule has 2 aromatic heterocycles. The number of benzene rings is 1. The van der Waals surface area contributed by atoms with Gasteiger partial charge in [-0.1, -0.05) is 12.2 Å². The maximum atomic E-state index is 13.8. The van der Waals surface area contributed by atoms with Crippen molar-refractivity contribution in [3.8, 4) is 22.9 Å². The number of allylic oxidation sites excluding steroid dienone is 1. The van der Waals surface area contributed by atoms with E-state index in [0.29, 0.717) is 40.9 Å². The Kier molecular flexibility index (Phi) is 10.4. The van der Waals surface area contributed by atoms with Crippen molar-refractivity contribution in [1.29, 1.82) is 0 Å². The minimum Gasteiger partial charge on any atom is -0.496 e. The number of nitrogens with zero attached hydrogens (tertiary/aromatic N) is 4. The van der Waals surface area contributed by atoms with Crippen molar-refractivity contribution < 1.29 is 41.8 Å². The van der Waals surface area contributed by atoms with Gasteiger partial charge in [0.1, 0.15) is 23.1 Å². The van der Waals surface area contributed by atoms with Crippen LogP contribution >= 0.6 is 0 Å². The molecule has 0 radical (unpaired) electrons. The van der Waals surface area contributed by atoms with Crippen molar-refractivity contribution in [3.63, 3.8) is 0 Å². The molecule has 12 nitrogen and oxygen atoms in total. The van der Waals surface area contributed by atoms with Crippen molar-refractivity contribution in [2.24, 2.45) is 13.0 Å². The van der Waals surface area contributed by atoms with Crippen LogP contribution in [0.15, 0.2) is 36.4 Å². The van der Waals surface area contributed by atoms with Crippen LogP contribution in [0.2, 0.25) is 0 Å². The van der Waals surface area contributed by atoms with E-state index >= 15 is 0 Å². The van der Waals surface area contributed by atoms with Gasteiger partial charge in [-0.3, -0.25) is 9.48 Å². The van der Waals surface area contributed by atoms with E-state index in [2.05, 4.69) is 20.7 Å². The molecule has 264 valence electrons. The molecule has 1 aliphatic carbocycles. The summed E-state index contributed by atoms with van der Waals surface area (Å²) in [5.74, 6) is -0.520. The summed E-state index contributed by atoms with van der Waals surface area (Å²) < 4.78 is 58.6. The van der Waals surface area contributed by atoms with E-state index in [9.17, 15) is 27.6 Å². The van der Waals surface area contributed by atoms with Crippen molar-refractivity contribution in [3.05, 3.63) is 47.7 Å². The molecule has 3 aromatic rings. The number of urea groups is 1. The van der Waals surface area contributed by atoms with Crippen molar-refractivity contribution >= 4 is 28.8 Å². The number of fused-ring (bicyclic) bond motifs is 2. The summed E-state index contributed by atoms with van der Waals surface area (Å²) >= 11 is 0. The second-order valence-corrected chi connectivity index (χ2v) is 12.3. The zero-order chi connectivity index (χ0) is 35.5. The van der Waals surface area contributed by atoms with E-state index < -0.39 is 41.4 Å². The third kappa shape index (κ3) is 7.60. The van der Waals surface area contributed by atoms with Crippen LogP contribution in [0.4, 0.5) is 18.0 Å². The highest BCUT2D eigenvalue weighted by Crippen LogP contribution is 2.46. The number of hydrogen-bond donors (Lipinski definition) is 2. The lowest BCUT2D eigenvalue weighted by Crippen LogP contribution is -2.56. The van der Waals surface area contributed by atoms with Crippen LogP contribution in [-0.4, -0.2) is 83.1 Å². The number of rotatable bonds is 8. The first-order valence-electron chi connectivity index (χ1n) is 16.2. The van der Waals surface area contributed by atoms with Crippen LogP contribution in [0, 0.1) is 12.8 Å². The molecule has 1 fully saturated rings. The summed E-state index contributed by atoms with van der Waals surface area (Å²) in [5.41, 5.74) is -0.918. The Morgan fingerprint density at radius 3 is 2.61 bits per heavy atom. The number of nitrogens with one attached hydrogen (secondary N) is 2. The van der Waals surface area contributed by atoms with Crippen LogP contribution < -0.4 is 20.1 Å². The van der Waals surface area contributed by atoms with Crippen LogP contribution in [-0.2, 0) is 27.5 Å². The molecular formula is C34H41F3N6O6. The molecule has 3 amide bonds. The van der Waals surface area contributed by atoms with E-state index in [1.807, 2.05) is 12.2 Å². The molecule has 3 heterocycles. The Bertz CT molecular complexity index is 1760. The molecule has 49 heavy (non-hydrogen) atoms. The number of aryl methyl sites for hydroxylation is 2. The predicted octanol–water partition coefficient (Wildman–Crippen LogP) is 4.93. The molecule has 2 aliphatic rings. The quantitative estimate of drug-likeness (QED) is 0.252. The number of amides is 3. The molecule has 1 aliphatic heterocycles. The van der Waals surface area contributed by atoms with Crippen LogP contribution in [0.3, 0.4) is 0 Å². The molecule has 0 bridgehead atoms. The Morgan fingerprint density at radius 1 is 1.14 bits per heavy atom. The van der Waals surface area contributed by atoms with E-state index in [4.69, 9.17) is 14.2 Å². The number of methoxy groups -OCH3 is 1. The van der Waals surface area contributed by atoms with Crippen LogP contribution in [0.5, 0.6) is 11.5 Å². The molecule has 2 N–H and O–H groups in total. The second-order valence-electron chi connectivity index (χ2n) is 12.3. The normalized spacial score (nSPS) is 21.8. The number of hydrogen-bond acceptors (Lipinski definition) is 8. The Balaban J connectivity index is 1.45. The van der Waals surface area contributed by atoms with Crippen LogP contribution in [0.1, 0.15) is 50.3 Å². The topological polar surface area (TPSA) is 137 Å². The zero-order valence-corrected chi connectivity index (χ0v) is 28.1. The predicted molar refractivity (Wildman–Crippen MR) is 174 cm³/mol. The smallest absolute Gasteiger partial charge is 0.435 e. The number of carbonyl (C=O) groups is 3. The van der Waals surface area contributed by atoms with Gasteiger partial charge in [0.2, 0.25) is 5.91 Å². The first-order chi connectivity index (χ1) is 23.3. The zero-order valence-electron chi connectivity index (χ0n) is 28.1. The molecule has 0 spiro atoms. The molecule has 1 saturated carbocycles. The standard InChI is InChI=1S/C34H41F3N6O6/c1-6-48-31(45)33-19-21(33)11-9-7-8-10-15-42(3)32(46)39-23(30(44)40-33)14-16-49-27-17-24(25-18-28(34(35,36)37)41-43(25)4)38-29-20(2)26(47-5)13-12-22(27)29/h9,11-13,17-18,21,23H,6-8,10,14-16,19H2,1-5H3,(H,39,46)(H,40,44)/t21-,23+,33-/m1/s1. The van der Waals surface area contributed by atoms with Gasteiger partial charge in [-0.15, -0.1) is 0 Å². The fourth-order valence-electron chi connectivity index (χ4n) is 6.00. The van der Waals surface area contributed by atoms with Gasteiger partial charge < -0.3 is 29.7 Å². The van der Waals surface area contributed by atoms with E-state index in [1.54, 1.807) is 33.0 Å². The summed E-state index contributed by atoms with van der Waals surface area (Å²) in [6.07, 6.45) is 2.04. The van der Waals surface area contributed by atoms with Gasteiger partial charge >= 0.3 is 18.2 Å². The van der Waals surface area contributed by atoms with E-state index in [-0.39, 0.29) is 36.9 Å². The average molecular weight is 687 g/mol. The van der Waals surface area contributed by atoms with Gasteiger partial charge in [0.05, 0.1) is 37.2 Å². The molecule has 3 atom stereocenters. The minimum absolute atomic E-state index is 0.00302. The lowest BCUT2D eigenvalue weighted by atomic mass is 10.1. The molecule has 15 heteroatoms. The number of esters is 1. The molecule has 0 saturated heterocycles. The van der Waals surface area contributed by atoms with E-state index in [1.165, 1.54) is 25.1 Å². The first kappa shape index (κ1) is 35.5. The largest absolute Gasteiger partial charge is 0.496 e. The summed E-state index contributed by atoms with van der Waals surface area (Å²) in [4.78, 5) is 46.1. The van der Waals surface area contributed by atoms with Gasteiger partial charge in [0.15, 0.2) is 5.69 Å². The Hall–Kier alpha value is -4.82. The number of aromatic nitrogens is 3. The van der Waals surface area contributed by atoms with Crippen molar-refractivity contribution in [2.75, 3.05) is 33.9 Å². The van der Waals surface area contributed by atoms with E-state index in [0.717, 1.165) is 30.0 Å². The Labute approximate surface area is 282 Å². The lowest BCUT2D eigenvalue weighted by Gasteiger charge is -2.26. The molecule has 5 rings (SSSR count). The third-order valence-electron chi connectivity index (χ3n) is 8.91. The third-order valence-corrected chi connectivity index (χ3v) is 8.91. The fourth-order valence-corrected chi connectivity index (χ4v) is 6.00. The second kappa shape index (κ2) is 14.3. The highest BCUT2D eigenvalue weighted by atomic mass is 19.4. The highest BCUT2D eigenvalue weighted by Gasteiger charge is 2.61.